The number of nitrogens with one attached hydrogen (secondary N) is 4. The summed E-state index contributed by atoms with van der Waals surface area (Å²) >= 11 is 0. The zero-order valence-corrected chi connectivity index (χ0v) is 22.7. The summed E-state index contributed by atoms with van der Waals surface area (Å²) in [5.41, 5.74) is 8.09. The van der Waals surface area contributed by atoms with Crippen LogP contribution in [0, 0.1) is 0 Å². The molecule has 0 saturated heterocycles. The number of imidazole rings is 1. The second-order valence-corrected chi connectivity index (χ2v) is 9.72. The van der Waals surface area contributed by atoms with Crippen molar-refractivity contribution in [2.24, 2.45) is 5.73 Å². The van der Waals surface area contributed by atoms with Gasteiger partial charge in [0.05, 0.1) is 12.4 Å². The Balaban J connectivity index is 1.74. The maximum Gasteiger partial charge on any atom is 0.326 e. The van der Waals surface area contributed by atoms with Gasteiger partial charge in [0.2, 0.25) is 17.7 Å². The second-order valence-electron chi connectivity index (χ2n) is 9.72. The number of aromatic nitrogens is 2. The molecule has 3 amide bonds. The lowest BCUT2D eigenvalue weighted by atomic mass is 10.0. The van der Waals surface area contributed by atoms with Crippen molar-refractivity contribution in [2.75, 3.05) is 0 Å². The SMILES string of the molecule is NC(Cc1ccccc1)C(=O)NC(Cc1cnc[nH]1)C(=O)NC(CCC(=O)O)C(=O)NC(Cc1ccccc1)C(=O)O. The molecule has 0 aliphatic carbocycles. The molecule has 0 radical (unpaired) electrons. The summed E-state index contributed by atoms with van der Waals surface area (Å²) in [5, 5.41) is 26.4. The smallest absolute Gasteiger partial charge is 0.326 e. The van der Waals surface area contributed by atoms with Crippen LogP contribution >= 0.6 is 0 Å². The van der Waals surface area contributed by atoms with Crippen LogP contribution in [0.25, 0.3) is 0 Å². The largest absolute Gasteiger partial charge is 0.481 e. The fourth-order valence-electron chi connectivity index (χ4n) is 4.20. The van der Waals surface area contributed by atoms with Gasteiger partial charge in [-0.05, 0) is 24.0 Å². The molecule has 0 aliphatic heterocycles. The first-order chi connectivity index (χ1) is 20.1. The number of aromatic amines is 1. The second kappa shape index (κ2) is 15.7. The number of carbonyl (C=O) groups is 5. The summed E-state index contributed by atoms with van der Waals surface area (Å²) in [6.45, 7) is 0. The molecule has 4 unspecified atom stereocenters. The summed E-state index contributed by atoms with van der Waals surface area (Å²) < 4.78 is 0. The van der Waals surface area contributed by atoms with Crippen LogP contribution in [0.5, 0.6) is 0 Å². The maximum absolute atomic E-state index is 13.4. The minimum absolute atomic E-state index is 0.0285. The van der Waals surface area contributed by atoms with E-state index in [0.29, 0.717) is 11.3 Å². The van der Waals surface area contributed by atoms with Gasteiger partial charge in [-0.1, -0.05) is 60.7 Å². The number of nitrogens with zero attached hydrogens (tertiary/aromatic N) is 1. The molecule has 0 bridgehead atoms. The number of nitrogens with two attached hydrogens (primary N) is 1. The standard InChI is InChI=1S/C29H34N6O7/c30-21(13-18-7-3-1-4-8-18)26(38)34-23(15-20-16-31-17-32-20)28(40)33-22(11-12-25(36)37)27(39)35-24(29(41)42)14-19-9-5-2-6-10-19/h1-10,16-17,21-24H,11-15,30H2,(H,31,32)(H,33,40)(H,34,38)(H,35,39)(H,36,37)(H,41,42). The zero-order valence-electron chi connectivity index (χ0n) is 22.7. The van der Waals surface area contributed by atoms with Gasteiger partial charge in [0.1, 0.15) is 18.1 Å². The molecule has 0 saturated carbocycles. The number of H-pyrrole nitrogens is 1. The van der Waals surface area contributed by atoms with E-state index in [9.17, 15) is 34.2 Å². The number of benzene rings is 2. The van der Waals surface area contributed by atoms with Gasteiger partial charge >= 0.3 is 11.9 Å². The van der Waals surface area contributed by atoms with Crippen molar-refractivity contribution in [2.45, 2.75) is 56.3 Å². The third-order valence-electron chi connectivity index (χ3n) is 6.42. The number of carbonyl (C=O) groups excluding carboxylic acids is 3. The molecule has 0 spiro atoms. The highest BCUT2D eigenvalue weighted by molar-refractivity contribution is 5.94. The number of amides is 3. The Kier molecular flexibility index (Phi) is 11.7. The molecule has 0 fully saturated rings. The van der Waals surface area contributed by atoms with E-state index in [-0.39, 0.29) is 25.7 Å². The minimum Gasteiger partial charge on any atom is -0.481 e. The Labute approximate surface area is 241 Å². The highest BCUT2D eigenvalue weighted by Crippen LogP contribution is 2.08. The van der Waals surface area contributed by atoms with Gasteiger partial charge in [0.25, 0.3) is 0 Å². The van der Waals surface area contributed by atoms with Crippen molar-refractivity contribution < 1.29 is 34.2 Å². The normalized spacial score (nSPS) is 13.6. The van der Waals surface area contributed by atoms with E-state index < -0.39 is 60.2 Å². The van der Waals surface area contributed by atoms with Crippen molar-refractivity contribution in [3.8, 4) is 0 Å². The molecular weight excluding hydrogens is 544 g/mol. The quantitative estimate of drug-likeness (QED) is 0.123. The van der Waals surface area contributed by atoms with Crippen molar-refractivity contribution in [1.29, 1.82) is 0 Å². The average molecular weight is 579 g/mol. The van der Waals surface area contributed by atoms with Crippen molar-refractivity contribution in [3.63, 3.8) is 0 Å². The molecule has 13 nitrogen and oxygen atoms in total. The van der Waals surface area contributed by atoms with E-state index in [1.54, 1.807) is 30.3 Å². The molecule has 42 heavy (non-hydrogen) atoms. The first kappa shape index (κ1) is 31.5. The van der Waals surface area contributed by atoms with Crippen molar-refractivity contribution in [1.82, 2.24) is 25.9 Å². The van der Waals surface area contributed by atoms with Crippen LogP contribution in [0.15, 0.2) is 73.2 Å². The Morgan fingerprint density at radius 1 is 0.738 bits per heavy atom. The number of aliphatic carboxylic acids is 2. The van der Waals surface area contributed by atoms with E-state index in [1.165, 1.54) is 12.5 Å². The van der Waals surface area contributed by atoms with Crippen LogP contribution < -0.4 is 21.7 Å². The van der Waals surface area contributed by atoms with Crippen LogP contribution in [0.2, 0.25) is 0 Å². The van der Waals surface area contributed by atoms with Gasteiger partial charge in [-0.2, -0.15) is 0 Å². The molecule has 1 aromatic heterocycles. The van der Waals surface area contributed by atoms with Gasteiger partial charge < -0.3 is 36.9 Å². The average Bonchev–Trinajstić information content (AvgIpc) is 3.48. The fourth-order valence-corrected chi connectivity index (χ4v) is 4.20. The lowest BCUT2D eigenvalue weighted by Crippen LogP contribution is -2.58. The summed E-state index contributed by atoms with van der Waals surface area (Å²) in [7, 11) is 0. The molecule has 3 aromatic rings. The summed E-state index contributed by atoms with van der Waals surface area (Å²) in [6, 6.07) is 12.8. The Morgan fingerprint density at radius 3 is 1.83 bits per heavy atom. The van der Waals surface area contributed by atoms with Gasteiger partial charge in [-0.3, -0.25) is 19.2 Å². The predicted molar refractivity (Wildman–Crippen MR) is 151 cm³/mol. The molecule has 13 heteroatoms. The molecule has 2 aromatic carbocycles. The number of carboxylic acid groups (broad SMARTS) is 2. The Bertz CT molecular complexity index is 1340. The number of hydrogen-bond donors (Lipinski definition) is 7. The lowest BCUT2D eigenvalue weighted by Gasteiger charge is -2.25. The highest BCUT2D eigenvalue weighted by atomic mass is 16.4. The molecule has 3 rings (SSSR count). The van der Waals surface area contributed by atoms with E-state index >= 15 is 0 Å². The monoisotopic (exact) mass is 578 g/mol. The van der Waals surface area contributed by atoms with Crippen LogP contribution in [-0.4, -0.2) is 74.0 Å². The summed E-state index contributed by atoms with van der Waals surface area (Å²) in [4.78, 5) is 69.5. The summed E-state index contributed by atoms with van der Waals surface area (Å²) in [6.07, 6.45) is 2.22. The fraction of sp³-hybridized carbons (Fsp3) is 0.310. The third-order valence-corrected chi connectivity index (χ3v) is 6.42. The molecule has 4 atom stereocenters. The van der Waals surface area contributed by atoms with Gasteiger partial charge in [0, 0.05) is 31.2 Å². The van der Waals surface area contributed by atoms with Crippen LogP contribution in [0.3, 0.4) is 0 Å². The maximum atomic E-state index is 13.4. The van der Waals surface area contributed by atoms with Crippen LogP contribution in [0.1, 0.15) is 29.7 Å². The van der Waals surface area contributed by atoms with Gasteiger partial charge in [-0.25, -0.2) is 9.78 Å². The van der Waals surface area contributed by atoms with Crippen molar-refractivity contribution >= 4 is 29.7 Å². The number of hydrogen-bond acceptors (Lipinski definition) is 7. The molecule has 0 aliphatic rings. The first-order valence-electron chi connectivity index (χ1n) is 13.3. The highest BCUT2D eigenvalue weighted by Gasteiger charge is 2.31. The van der Waals surface area contributed by atoms with Gasteiger partial charge in [0.15, 0.2) is 0 Å². The number of rotatable bonds is 16. The first-order valence-corrected chi connectivity index (χ1v) is 13.3. The summed E-state index contributed by atoms with van der Waals surface area (Å²) in [5.74, 6) is -4.79. The lowest BCUT2D eigenvalue weighted by molar-refractivity contribution is -0.143. The topological polar surface area (TPSA) is 217 Å². The molecule has 222 valence electrons. The minimum atomic E-state index is -1.40. The molecule has 8 N–H and O–H groups in total. The van der Waals surface area contributed by atoms with Crippen molar-refractivity contribution in [3.05, 3.63) is 90.0 Å². The molecular formula is C29H34N6O7. The Hall–Kier alpha value is -5.04. The number of carboxylic acids is 2. The Morgan fingerprint density at radius 2 is 1.29 bits per heavy atom. The van der Waals surface area contributed by atoms with E-state index in [0.717, 1.165) is 5.56 Å². The van der Waals surface area contributed by atoms with E-state index in [1.807, 2.05) is 30.3 Å². The molecule has 1 heterocycles. The van der Waals surface area contributed by atoms with Gasteiger partial charge in [-0.15, -0.1) is 0 Å². The zero-order chi connectivity index (χ0) is 30.5. The predicted octanol–water partition coefficient (Wildman–Crippen LogP) is 0.169. The van der Waals surface area contributed by atoms with Crippen LogP contribution in [-0.2, 0) is 43.2 Å². The van der Waals surface area contributed by atoms with E-state index in [2.05, 4.69) is 25.9 Å². The van der Waals surface area contributed by atoms with E-state index in [4.69, 9.17) is 5.73 Å². The van der Waals surface area contributed by atoms with Crippen LogP contribution in [0.4, 0.5) is 0 Å². The third kappa shape index (κ3) is 10.2.